The van der Waals surface area contributed by atoms with Gasteiger partial charge in [0.15, 0.2) is 0 Å². The minimum atomic E-state index is -0.594. The number of carbonyl (C=O) groups excluding carboxylic acids is 3. The van der Waals surface area contributed by atoms with Crippen molar-refractivity contribution >= 4 is 23.5 Å². The van der Waals surface area contributed by atoms with Crippen molar-refractivity contribution in [2.45, 2.75) is 39.8 Å². The van der Waals surface area contributed by atoms with Crippen LogP contribution in [0.4, 0.5) is 5.69 Å². The Bertz CT molecular complexity index is 1920. The molecule has 11 heteroatoms. The van der Waals surface area contributed by atoms with Crippen molar-refractivity contribution in [3.8, 4) is 16.9 Å². The number of nitrogens with zero attached hydrogens (tertiary/aromatic N) is 3. The number of hydrogen-bond donors (Lipinski definition) is 2. The van der Waals surface area contributed by atoms with Crippen molar-refractivity contribution in [3.63, 3.8) is 0 Å². The van der Waals surface area contributed by atoms with Gasteiger partial charge in [-0.15, -0.1) is 0 Å². The predicted molar refractivity (Wildman–Crippen MR) is 177 cm³/mol. The maximum Gasteiger partial charge on any atom is 0.343 e. The van der Waals surface area contributed by atoms with Crippen LogP contribution in [0.25, 0.3) is 11.1 Å². The summed E-state index contributed by atoms with van der Waals surface area (Å²) in [5.74, 6) is 0.0161. The minimum absolute atomic E-state index is 0.0640. The molecule has 1 aliphatic carbocycles. The van der Waals surface area contributed by atoms with Gasteiger partial charge in [0.25, 0.3) is 5.56 Å². The SMILES string of the molecule is Cc1ccc(NC(=O)C2CC2)cc1-c1ccc(C(=O)Oc2ccc(CN3CCN(C(=O)Cn4cc(C)c(=O)[nH]c4=O)CC3)cc2)cc1. The lowest BCUT2D eigenvalue weighted by Gasteiger charge is -2.34. The number of carbonyl (C=O) groups is 3. The van der Waals surface area contributed by atoms with Gasteiger partial charge in [0.2, 0.25) is 11.8 Å². The molecule has 0 bridgehead atoms. The first-order chi connectivity index (χ1) is 22.6. The molecule has 0 atom stereocenters. The molecule has 1 saturated heterocycles. The van der Waals surface area contributed by atoms with Crippen LogP contribution in [0.5, 0.6) is 5.75 Å². The van der Waals surface area contributed by atoms with E-state index < -0.39 is 17.2 Å². The molecule has 1 aliphatic heterocycles. The van der Waals surface area contributed by atoms with Crippen LogP contribution in [-0.4, -0.2) is 63.3 Å². The van der Waals surface area contributed by atoms with Crippen LogP contribution in [0.3, 0.4) is 0 Å². The van der Waals surface area contributed by atoms with E-state index in [2.05, 4.69) is 15.2 Å². The standard InChI is InChI=1S/C36H37N5O6/c1-23-3-12-29(37-34(44)27-8-9-27)19-31(23)26-6-10-28(11-7-26)35(45)47-30-13-4-25(5-14-30)21-39-15-17-40(18-16-39)32(42)22-41-20-24(2)33(43)38-36(41)46/h3-7,10-14,19-20,27H,8-9,15-18,21-22H2,1-2H3,(H,37,44)(H,38,43,46). The van der Waals surface area contributed by atoms with Crippen LogP contribution in [0, 0.1) is 19.8 Å². The maximum atomic E-state index is 12.9. The highest BCUT2D eigenvalue weighted by Crippen LogP contribution is 2.32. The third kappa shape index (κ3) is 7.75. The zero-order valence-corrected chi connectivity index (χ0v) is 26.5. The van der Waals surface area contributed by atoms with E-state index >= 15 is 0 Å². The molecule has 6 rings (SSSR count). The van der Waals surface area contributed by atoms with Gasteiger partial charge < -0.3 is 15.0 Å². The molecule has 2 fully saturated rings. The number of benzene rings is 3. The fourth-order valence-electron chi connectivity index (χ4n) is 5.61. The van der Waals surface area contributed by atoms with Crippen LogP contribution in [-0.2, 0) is 22.7 Å². The summed E-state index contributed by atoms with van der Waals surface area (Å²) in [5.41, 5.74) is 4.57. The van der Waals surface area contributed by atoms with Crippen molar-refractivity contribution < 1.29 is 19.1 Å². The molecule has 0 radical (unpaired) electrons. The van der Waals surface area contributed by atoms with Crippen molar-refractivity contribution in [3.05, 3.63) is 116 Å². The number of rotatable bonds is 9. The van der Waals surface area contributed by atoms with Crippen molar-refractivity contribution in [1.82, 2.24) is 19.4 Å². The first-order valence-electron chi connectivity index (χ1n) is 15.8. The summed E-state index contributed by atoms with van der Waals surface area (Å²) >= 11 is 0. The van der Waals surface area contributed by atoms with Gasteiger partial charge in [-0.25, -0.2) is 9.59 Å². The second-order valence-electron chi connectivity index (χ2n) is 12.3. The summed E-state index contributed by atoms with van der Waals surface area (Å²) in [5, 5.41) is 2.99. The maximum absolute atomic E-state index is 12.9. The van der Waals surface area contributed by atoms with Crippen LogP contribution in [0.2, 0.25) is 0 Å². The molecule has 2 amide bonds. The highest BCUT2D eigenvalue weighted by Gasteiger charge is 2.29. The normalized spacial score (nSPS) is 14.9. The van der Waals surface area contributed by atoms with E-state index in [1.807, 2.05) is 49.4 Å². The van der Waals surface area contributed by atoms with Gasteiger partial charge in [0, 0.05) is 56.1 Å². The Hall–Kier alpha value is -5.29. The van der Waals surface area contributed by atoms with E-state index in [4.69, 9.17) is 4.74 Å². The molecular weight excluding hydrogens is 598 g/mol. The smallest absolute Gasteiger partial charge is 0.343 e. The van der Waals surface area contributed by atoms with E-state index in [1.54, 1.807) is 36.1 Å². The predicted octanol–water partition coefficient (Wildman–Crippen LogP) is 3.73. The van der Waals surface area contributed by atoms with Crippen molar-refractivity contribution in [1.29, 1.82) is 0 Å². The molecule has 3 aromatic carbocycles. The number of piperazine rings is 1. The van der Waals surface area contributed by atoms with E-state index in [1.165, 1.54) is 10.8 Å². The number of nitrogens with one attached hydrogen (secondary N) is 2. The molecule has 4 aromatic rings. The monoisotopic (exact) mass is 635 g/mol. The molecule has 0 unspecified atom stereocenters. The Morgan fingerprint density at radius 1 is 0.872 bits per heavy atom. The summed E-state index contributed by atoms with van der Waals surface area (Å²) < 4.78 is 6.86. The van der Waals surface area contributed by atoms with Gasteiger partial charge in [0.1, 0.15) is 12.3 Å². The average molecular weight is 636 g/mol. The van der Waals surface area contributed by atoms with Gasteiger partial charge in [0.05, 0.1) is 5.56 Å². The van der Waals surface area contributed by atoms with E-state index in [0.717, 1.165) is 40.8 Å². The minimum Gasteiger partial charge on any atom is -0.423 e. The first-order valence-corrected chi connectivity index (χ1v) is 15.8. The molecular formula is C36H37N5O6. The summed E-state index contributed by atoms with van der Waals surface area (Å²) in [7, 11) is 0. The quantitative estimate of drug-likeness (QED) is 0.212. The number of anilines is 1. The zero-order chi connectivity index (χ0) is 33.1. The number of H-pyrrole nitrogens is 1. The Morgan fingerprint density at radius 2 is 1.57 bits per heavy atom. The molecule has 0 spiro atoms. The Morgan fingerprint density at radius 3 is 2.26 bits per heavy atom. The van der Waals surface area contributed by atoms with E-state index in [9.17, 15) is 24.0 Å². The molecule has 2 N–H and O–H groups in total. The van der Waals surface area contributed by atoms with Gasteiger partial charge >= 0.3 is 11.7 Å². The molecule has 11 nitrogen and oxygen atoms in total. The summed E-state index contributed by atoms with van der Waals surface area (Å²) in [6.45, 7) is 6.59. The van der Waals surface area contributed by atoms with E-state index in [-0.39, 0.29) is 24.3 Å². The number of aryl methyl sites for hydroxylation is 2. The summed E-state index contributed by atoms with van der Waals surface area (Å²) in [4.78, 5) is 67.7. The Balaban J connectivity index is 0.987. The van der Waals surface area contributed by atoms with Crippen molar-refractivity contribution in [2.75, 3.05) is 31.5 Å². The average Bonchev–Trinajstić information content (AvgIpc) is 3.92. The second kappa shape index (κ2) is 13.6. The van der Waals surface area contributed by atoms with Crippen LogP contribution in [0.15, 0.2) is 82.5 Å². The Kier molecular flexibility index (Phi) is 9.17. The lowest BCUT2D eigenvalue weighted by molar-refractivity contribution is -0.133. The fourth-order valence-corrected chi connectivity index (χ4v) is 5.61. The molecule has 2 heterocycles. The number of hydrogen-bond acceptors (Lipinski definition) is 7. The van der Waals surface area contributed by atoms with Gasteiger partial charge in [-0.1, -0.05) is 30.3 Å². The second-order valence-corrected chi connectivity index (χ2v) is 12.3. The number of aromatic amines is 1. The van der Waals surface area contributed by atoms with Gasteiger partial charge in [-0.2, -0.15) is 0 Å². The largest absolute Gasteiger partial charge is 0.423 e. The molecule has 2 aliphatic rings. The van der Waals surface area contributed by atoms with Gasteiger partial charge in [-0.3, -0.25) is 28.8 Å². The summed E-state index contributed by atoms with van der Waals surface area (Å²) in [6, 6.07) is 20.5. The molecule has 1 aromatic heterocycles. The van der Waals surface area contributed by atoms with E-state index in [0.29, 0.717) is 49.6 Å². The lowest BCUT2D eigenvalue weighted by Crippen LogP contribution is -2.49. The highest BCUT2D eigenvalue weighted by atomic mass is 16.5. The number of ether oxygens (including phenoxy) is 1. The zero-order valence-electron chi connectivity index (χ0n) is 26.5. The highest BCUT2D eigenvalue weighted by molar-refractivity contribution is 5.95. The van der Waals surface area contributed by atoms with Crippen LogP contribution in [0.1, 0.15) is 39.9 Å². The lowest BCUT2D eigenvalue weighted by atomic mass is 9.98. The Labute approximate surface area is 271 Å². The third-order valence-corrected chi connectivity index (χ3v) is 8.64. The first kappa shape index (κ1) is 31.7. The number of esters is 1. The van der Waals surface area contributed by atoms with Crippen molar-refractivity contribution in [2.24, 2.45) is 5.92 Å². The molecule has 47 heavy (non-hydrogen) atoms. The number of amides is 2. The summed E-state index contributed by atoms with van der Waals surface area (Å²) in [6.07, 6.45) is 3.31. The topological polar surface area (TPSA) is 134 Å². The van der Waals surface area contributed by atoms with Crippen LogP contribution >= 0.6 is 0 Å². The fraction of sp³-hybridized carbons (Fsp3) is 0.306. The number of aromatic nitrogens is 2. The molecule has 1 saturated carbocycles. The van der Waals surface area contributed by atoms with Gasteiger partial charge in [-0.05, 0) is 85.3 Å². The van der Waals surface area contributed by atoms with Crippen LogP contribution < -0.4 is 21.3 Å². The molecule has 242 valence electrons. The third-order valence-electron chi connectivity index (χ3n) is 8.64.